The zero-order valence-electron chi connectivity index (χ0n) is 65.8. The Labute approximate surface area is 692 Å². The fraction of sp³-hybridized carbons (Fsp3) is 0.174. The van der Waals surface area contributed by atoms with E-state index in [1.807, 2.05) is 138 Å². The van der Waals surface area contributed by atoms with Crippen molar-refractivity contribution in [3.05, 3.63) is 312 Å². The van der Waals surface area contributed by atoms with Crippen molar-refractivity contribution in [2.45, 2.75) is 46.1 Å². The van der Waals surface area contributed by atoms with Gasteiger partial charge in [-0.2, -0.15) is 10.2 Å². The minimum atomic E-state index is -0.315. The summed E-state index contributed by atoms with van der Waals surface area (Å²) in [5, 5.41) is 47.1. The Bertz CT molecular complexity index is 6250. The number of likely N-dealkylation sites (tertiary alicyclic amines) is 1. The van der Waals surface area contributed by atoms with Crippen molar-refractivity contribution in [3.8, 4) is 89.5 Å². The molecule has 1 aliphatic rings. The van der Waals surface area contributed by atoms with E-state index in [1.165, 1.54) is 36.8 Å². The molecule has 12 aromatic heterocycles. The molecule has 0 saturated carbocycles. The van der Waals surface area contributed by atoms with Gasteiger partial charge in [-0.3, -0.25) is 47.9 Å². The molecule has 7 N–H and O–H groups in total. The zero-order valence-corrected chi connectivity index (χ0v) is 66.6. The first kappa shape index (κ1) is 82.6. The number of imidazole rings is 2. The minimum Gasteiger partial charge on any atom is -0.396 e. The standard InChI is InChI=1S/C25H24ClN5O.C23H21FN4O2.2C22H19FN4O2/c1-30-12-9-20(10-13-30)29-25(32)22-15-28-23-8-7-18(16-31(22)23)21-6-3-11-27-24(21)17-4-2-5-19(26)14-17;1-15-12-17(5-6-20(15)24)22-18(4-2-8-25-22)16-7-10-28-21(13-16)19(14-27-28)23(30)26-9-3-11-29;1-14-11-15(4-6-18(14)23)21-17(3-2-8-24-21)16-5-7-20-26-12-19(27(20)13-16)22(29)25-9-10-28;1-14-11-16(4-5-19(14)23)21-17(3-2-7-24-21)15-6-9-27-20(12-15)18(13-26-27)22(29)25-8-10-28/h2-8,11,14-16,20H,9-10,12-13H2,1H3,(H,29,32);2,4-8,10,12-14,29H,3,9,11H2,1H3,(H,26,30);2-8,11-13,28H,9-10H2,1H3,(H,25,29);2-7,9,11-13,28H,8,10H2,1H3,(H,25,29). The van der Waals surface area contributed by atoms with E-state index in [4.69, 9.17) is 26.9 Å². The molecule has 0 spiro atoms. The topological polar surface area (TPSA) is 301 Å². The number of pyridine rings is 8. The van der Waals surface area contributed by atoms with Crippen LogP contribution < -0.4 is 21.3 Å². The van der Waals surface area contributed by atoms with Crippen LogP contribution in [0.2, 0.25) is 5.02 Å². The normalized spacial score (nSPS) is 12.1. The Morgan fingerprint density at radius 3 is 1.24 bits per heavy atom. The number of aliphatic hydroxyl groups excluding tert-OH is 3. The van der Waals surface area contributed by atoms with Crippen molar-refractivity contribution in [1.82, 2.24) is 84.1 Å². The van der Waals surface area contributed by atoms with E-state index in [0.29, 0.717) is 73.9 Å². The summed E-state index contributed by atoms with van der Waals surface area (Å²) in [5.41, 5.74) is 19.6. The lowest BCUT2D eigenvalue weighted by atomic mass is 9.98. The predicted octanol–water partition coefficient (Wildman–Crippen LogP) is 14.6. The average molecular weight is 1630 g/mol. The molecule has 606 valence electrons. The van der Waals surface area contributed by atoms with Gasteiger partial charge in [-0.25, -0.2) is 32.2 Å². The molecular formula is C92H83ClF3N17O7. The fourth-order valence-corrected chi connectivity index (χ4v) is 14.3. The Morgan fingerprint density at radius 2 is 0.825 bits per heavy atom. The van der Waals surface area contributed by atoms with Crippen LogP contribution in [-0.4, -0.2) is 167 Å². The Hall–Kier alpha value is -14.0. The van der Waals surface area contributed by atoms with E-state index in [-0.39, 0.29) is 80.0 Å². The number of hydrogen-bond donors (Lipinski definition) is 7. The lowest BCUT2D eigenvalue weighted by Crippen LogP contribution is -2.43. The molecule has 0 bridgehead atoms. The van der Waals surface area contributed by atoms with Crippen LogP contribution in [0.15, 0.2) is 250 Å². The van der Waals surface area contributed by atoms with Gasteiger partial charge >= 0.3 is 0 Å². The number of aromatic nitrogens is 12. The molecule has 0 aliphatic carbocycles. The number of hydrogen-bond acceptors (Lipinski definition) is 16. The number of carbonyl (C=O) groups excluding carboxylic acids is 4. The summed E-state index contributed by atoms with van der Waals surface area (Å²) < 4.78 is 48.0. The van der Waals surface area contributed by atoms with E-state index >= 15 is 0 Å². The third-order valence-corrected chi connectivity index (χ3v) is 20.6. The van der Waals surface area contributed by atoms with Gasteiger partial charge in [0.25, 0.3) is 23.6 Å². The monoisotopic (exact) mass is 1630 g/mol. The average Bonchev–Trinajstić information content (AvgIpc) is 1.47. The molecule has 120 heavy (non-hydrogen) atoms. The molecular weight excluding hydrogens is 1550 g/mol. The first-order chi connectivity index (χ1) is 58.3. The van der Waals surface area contributed by atoms with E-state index in [1.54, 1.807) is 114 Å². The molecule has 1 aliphatic heterocycles. The summed E-state index contributed by atoms with van der Waals surface area (Å²) in [7, 11) is 2.11. The first-order valence-corrected chi connectivity index (χ1v) is 39.1. The van der Waals surface area contributed by atoms with Gasteiger partial charge in [-0.05, 0) is 228 Å². The molecule has 16 aromatic rings. The van der Waals surface area contributed by atoms with Crippen LogP contribution in [0.3, 0.4) is 0 Å². The third kappa shape index (κ3) is 18.9. The summed E-state index contributed by atoms with van der Waals surface area (Å²) in [6.07, 6.45) is 22.8. The highest BCUT2D eigenvalue weighted by atomic mass is 35.5. The molecule has 17 rings (SSSR count). The zero-order chi connectivity index (χ0) is 83.9. The van der Waals surface area contributed by atoms with Crippen LogP contribution >= 0.6 is 11.6 Å². The second kappa shape index (κ2) is 38.0. The van der Waals surface area contributed by atoms with Crippen LogP contribution in [0, 0.1) is 38.2 Å². The van der Waals surface area contributed by atoms with Gasteiger partial charge in [0.15, 0.2) is 0 Å². The summed E-state index contributed by atoms with van der Waals surface area (Å²) in [6.45, 7) is 7.64. The predicted molar refractivity (Wildman–Crippen MR) is 455 cm³/mol. The van der Waals surface area contributed by atoms with Crippen LogP contribution in [0.25, 0.3) is 112 Å². The number of amides is 4. The number of fused-ring (bicyclic) bond motifs is 4. The maximum atomic E-state index is 13.7. The van der Waals surface area contributed by atoms with Crippen molar-refractivity contribution in [3.63, 3.8) is 0 Å². The molecule has 24 nitrogen and oxygen atoms in total. The molecule has 1 saturated heterocycles. The summed E-state index contributed by atoms with van der Waals surface area (Å²) in [4.78, 5) is 79.4. The minimum absolute atomic E-state index is 0.0197. The van der Waals surface area contributed by atoms with Crippen molar-refractivity contribution in [2.24, 2.45) is 0 Å². The number of aliphatic hydroxyl groups is 3. The van der Waals surface area contributed by atoms with Gasteiger partial charge in [-0.1, -0.05) is 48.0 Å². The molecule has 0 unspecified atom stereocenters. The number of nitrogens with zero attached hydrogens (tertiary/aromatic N) is 13. The third-order valence-electron chi connectivity index (χ3n) is 20.3. The molecule has 0 atom stereocenters. The molecule has 13 heterocycles. The molecule has 4 amide bonds. The van der Waals surface area contributed by atoms with Gasteiger partial charge in [0.2, 0.25) is 0 Å². The lowest BCUT2D eigenvalue weighted by molar-refractivity contribution is 0.0907. The molecule has 1 fully saturated rings. The van der Waals surface area contributed by atoms with Crippen LogP contribution in [-0.2, 0) is 0 Å². The van der Waals surface area contributed by atoms with E-state index in [0.717, 1.165) is 121 Å². The first-order valence-electron chi connectivity index (χ1n) is 38.8. The molecule has 0 radical (unpaired) electrons. The SMILES string of the molecule is CN1CCC(NC(=O)c2cnc3ccc(-c4cccnc4-c4cccc(Cl)c4)cn23)CC1.Cc1cc(-c2ncccc2-c2ccc3ncc(C(=O)NCCO)n3c2)ccc1F.Cc1cc(-c2ncccc2-c2ccn3ncc(C(=O)NCCCO)c3c2)ccc1F.Cc1cc(-c2ncccc2-c2ccn3ncc(C(=O)NCCO)c3c2)ccc1F. The fourth-order valence-electron chi connectivity index (χ4n) is 14.1. The van der Waals surface area contributed by atoms with E-state index < -0.39 is 0 Å². The van der Waals surface area contributed by atoms with Crippen molar-refractivity contribution >= 4 is 57.6 Å². The second-order valence-electron chi connectivity index (χ2n) is 28.5. The Kier molecular flexibility index (Phi) is 26.1. The van der Waals surface area contributed by atoms with Gasteiger partial charge in [0.1, 0.15) is 40.1 Å². The number of nitrogens with one attached hydrogen (secondary N) is 4. The van der Waals surface area contributed by atoms with E-state index in [2.05, 4.69) is 73.3 Å². The lowest BCUT2D eigenvalue weighted by Gasteiger charge is -2.29. The smallest absolute Gasteiger partial charge is 0.270 e. The molecule has 28 heteroatoms. The quantitative estimate of drug-likeness (QED) is 0.0349. The summed E-state index contributed by atoms with van der Waals surface area (Å²) in [6, 6.07) is 53.1. The number of halogens is 4. The van der Waals surface area contributed by atoms with Crippen molar-refractivity contribution in [2.75, 3.05) is 59.6 Å². The number of carbonyl (C=O) groups is 4. The highest BCUT2D eigenvalue weighted by molar-refractivity contribution is 6.30. The van der Waals surface area contributed by atoms with Gasteiger partial charge in [-0.15, -0.1) is 0 Å². The van der Waals surface area contributed by atoms with E-state index in [9.17, 15) is 32.3 Å². The van der Waals surface area contributed by atoms with Crippen LogP contribution in [0.4, 0.5) is 13.2 Å². The van der Waals surface area contributed by atoms with Crippen molar-refractivity contribution < 1.29 is 47.7 Å². The maximum absolute atomic E-state index is 13.7. The summed E-state index contributed by atoms with van der Waals surface area (Å²) >= 11 is 6.21. The largest absolute Gasteiger partial charge is 0.396 e. The number of aryl methyl sites for hydroxylation is 3. The summed E-state index contributed by atoms with van der Waals surface area (Å²) in [5.74, 6) is -1.72. The Morgan fingerprint density at radius 1 is 0.425 bits per heavy atom. The van der Waals surface area contributed by atoms with Gasteiger partial charge < -0.3 is 41.5 Å². The van der Waals surface area contributed by atoms with Crippen molar-refractivity contribution in [1.29, 1.82) is 0 Å². The van der Waals surface area contributed by atoms with Gasteiger partial charge in [0.05, 0.1) is 82.9 Å². The number of rotatable bonds is 20. The number of piperidine rings is 1. The number of benzene rings is 4. The van der Waals surface area contributed by atoms with Crippen LogP contribution in [0.5, 0.6) is 0 Å². The maximum Gasteiger partial charge on any atom is 0.270 e. The molecule has 4 aromatic carbocycles. The highest BCUT2D eigenvalue weighted by Gasteiger charge is 2.24. The highest BCUT2D eigenvalue weighted by Crippen LogP contribution is 2.37. The second-order valence-corrected chi connectivity index (χ2v) is 29.0. The van der Waals surface area contributed by atoms with Crippen LogP contribution in [0.1, 0.15) is 77.6 Å². The Balaban J connectivity index is 0.000000131. The van der Waals surface area contributed by atoms with Gasteiger partial charge in [0, 0.05) is 143 Å².